The lowest BCUT2D eigenvalue weighted by Gasteiger charge is -2.17. The number of halogens is 1. The van der Waals surface area contributed by atoms with Gasteiger partial charge in [-0.2, -0.15) is 0 Å². The Labute approximate surface area is 177 Å². The fraction of sp³-hybridized carbons (Fsp3) is 0.261. The third kappa shape index (κ3) is 2.74. The number of anilines is 1. The lowest BCUT2D eigenvalue weighted by Crippen LogP contribution is -2.13. The molecule has 6 rings (SSSR count). The van der Waals surface area contributed by atoms with Crippen LogP contribution in [0.5, 0.6) is 11.5 Å². The molecule has 0 bridgehead atoms. The second-order valence-corrected chi connectivity index (χ2v) is 7.99. The van der Waals surface area contributed by atoms with E-state index < -0.39 is 0 Å². The van der Waals surface area contributed by atoms with Gasteiger partial charge in [-0.15, -0.1) is 10.2 Å². The van der Waals surface area contributed by atoms with Crippen molar-refractivity contribution >= 4 is 11.5 Å². The first-order chi connectivity index (χ1) is 15.1. The van der Waals surface area contributed by atoms with E-state index >= 15 is 0 Å². The Balaban J connectivity index is 1.53. The topological polar surface area (TPSA) is 73.6 Å². The van der Waals surface area contributed by atoms with Crippen molar-refractivity contribution in [1.82, 2.24) is 19.6 Å². The van der Waals surface area contributed by atoms with Crippen molar-refractivity contribution in [3.8, 4) is 22.6 Å². The van der Waals surface area contributed by atoms with Crippen LogP contribution < -0.4 is 14.8 Å². The van der Waals surface area contributed by atoms with Crippen LogP contribution in [0.2, 0.25) is 0 Å². The molecule has 8 heteroatoms. The second kappa shape index (κ2) is 6.66. The molecule has 1 atom stereocenters. The Kier molecular flexibility index (Phi) is 3.89. The van der Waals surface area contributed by atoms with Crippen LogP contribution >= 0.6 is 0 Å². The van der Waals surface area contributed by atoms with Crippen LogP contribution in [0.15, 0.2) is 36.7 Å². The molecule has 0 spiro atoms. The van der Waals surface area contributed by atoms with Crippen LogP contribution in [0.1, 0.15) is 28.4 Å². The first kappa shape index (κ1) is 18.1. The van der Waals surface area contributed by atoms with Gasteiger partial charge in [-0.1, -0.05) is 6.07 Å². The monoisotopic (exact) mass is 417 g/mol. The molecule has 7 nitrogen and oxygen atoms in total. The summed E-state index contributed by atoms with van der Waals surface area (Å²) in [6.07, 6.45) is 1.64. The summed E-state index contributed by atoms with van der Waals surface area (Å²) in [6, 6.07) is 9.14. The molecule has 1 aromatic carbocycles. The number of hydrogen-bond donors (Lipinski definition) is 1. The zero-order valence-electron chi connectivity index (χ0n) is 17.1. The maximum atomic E-state index is 14.7. The number of ether oxygens (including phenoxy) is 2. The Morgan fingerprint density at radius 1 is 1.06 bits per heavy atom. The lowest BCUT2D eigenvalue weighted by atomic mass is 9.96. The smallest absolute Gasteiger partial charge is 0.170 e. The Hall–Kier alpha value is -3.68. The highest BCUT2D eigenvalue weighted by Crippen LogP contribution is 2.42. The molecule has 4 aromatic rings. The van der Waals surface area contributed by atoms with Gasteiger partial charge in [-0.3, -0.25) is 9.38 Å². The molecule has 2 aliphatic rings. The molecule has 0 aliphatic carbocycles. The van der Waals surface area contributed by atoms with E-state index in [1.54, 1.807) is 12.4 Å². The highest BCUT2D eigenvalue weighted by Gasteiger charge is 2.31. The van der Waals surface area contributed by atoms with Crippen molar-refractivity contribution in [3.05, 3.63) is 65.0 Å². The predicted molar refractivity (Wildman–Crippen MR) is 113 cm³/mol. The highest BCUT2D eigenvalue weighted by molar-refractivity contribution is 5.83. The molecule has 0 amide bonds. The van der Waals surface area contributed by atoms with Gasteiger partial charge in [-0.05, 0) is 38.1 Å². The minimum Gasteiger partial charge on any atom is -0.493 e. The van der Waals surface area contributed by atoms with Crippen LogP contribution in [-0.4, -0.2) is 32.8 Å². The van der Waals surface area contributed by atoms with Gasteiger partial charge < -0.3 is 14.8 Å². The van der Waals surface area contributed by atoms with Crippen molar-refractivity contribution in [2.45, 2.75) is 26.3 Å². The van der Waals surface area contributed by atoms with E-state index in [1.165, 1.54) is 6.07 Å². The molecule has 0 unspecified atom stereocenters. The number of nitrogens with zero attached hydrogens (tertiary/aromatic N) is 4. The number of rotatable bonds is 1. The van der Waals surface area contributed by atoms with E-state index in [0.29, 0.717) is 42.5 Å². The standard InChI is InChI=1S/C23H20FN5O2/c1-12-3-4-15(13(2)27-12)16-7-20-23(29-11-26-28-22(16)29)25-8-17-18(24)5-6-19-21(17)14(9-30-19)10-31-20/h3-7,11,14,25H,8-10H2,1-2H3/t14-/m1/s1. The van der Waals surface area contributed by atoms with Gasteiger partial charge in [0.2, 0.25) is 0 Å². The van der Waals surface area contributed by atoms with Crippen molar-refractivity contribution in [2.24, 2.45) is 0 Å². The molecule has 1 N–H and O–H groups in total. The summed E-state index contributed by atoms with van der Waals surface area (Å²) in [4.78, 5) is 4.60. The first-order valence-electron chi connectivity index (χ1n) is 10.2. The quantitative estimate of drug-likeness (QED) is 0.504. The van der Waals surface area contributed by atoms with Gasteiger partial charge >= 0.3 is 0 Å². The predicted octanol–water partition coefficient (Wildman–Crippen LogP) is 4.03. The number of aryl methyl sites for hydroxylation is 2. The maximum Gasteiger partial charge on any atom is 0.170 e. The Morgan fingerprint density at radius 2 is 1.90 bits per heavy atom. The Bertz CT molecular complexity index is 1350. The number of aromatic nitrogens is 4. The van der Waals surface area contributed by atoms with Crippen LogP contribution in [0.3, 0.4) is 0 Å². The number of nitrogens with one attached hydrogen (secondary N) is 1. The van der Waals surface area contributed by atoms with Gasteiger partial charge in [0.25, 0.3) is 0 Å². The van der Waals surface area contributed by atoms with Gasteiger partial charge in [0.15, 0.2) is 17.2 Å². The van der Waals surface area contributed by atoms with Crippen LogP contribution in [0.25, 0.3) is 16.8 Å². The number of benzene rings is 1. The molecule has 3 aromatic heterocycles. The van der Waals surface area contributed by atoms with E-state index in [4.69, 9.17) is 9.47 Å². The third-order valence-electron chi connectivity index (χ3n) is 6.03. The fourth-order valence-electron chi connectivity index (χ4n) is 4.55. The first-order valence-corrected chi connectivity index (χ1v) is 10.2. The van der Waals surface area contributed by atoms with E-state index in [-0.39, 0.29) is 11.7 Å². The van der Waals surface area contributed by atoms with Crippen LogP contribution in [0.4, 0.5) is 10.2 Å². The molecule has 5 heterocycles. The van der Waals surface area contributed by atoms with E-state index in [1.807, 2.05) is 36.4 Å². The minimum atomic E-state index is -0.247. The highest BCUT2D eigenvalue weighted by atomic mass is 19.1. The molecule has 31 heavy (non-hydrogen) atoms. The number of pyridine rings is 2. The van der Waals surface area contributed by atoms with E-state index in [2.05, 4.69) is 20.5 Å². The zero-order valence-corrected chi connectivity index (χ0v) is 17.1. The normalized spacial score (nSPS) is 16.9. The largest absolute Gasteiger partial charge is 0.493 e. The average molecular weight is 417 g/mol. The third-order valence-corrected chi connectivity index (χ3v) is 6.03. The molecule has 156 valence electrons. The van der Waals surface area contributed by atoms with Crippen LogP contribution in [0, 0.1) is 19.7 Å². The van der Waals surface area contributed by atoms with Crippen molar-refractivity contribution in [3.63, 3.8) is 0 Å². The van der Waals surface area contributed by atoms with Gasteiger partial charge in [0, 0.05) is 40.2 Å². The SMILES string of the molecule is Cc1ccc(-c2cc3c(n4cnnc24)NCc2c(F)ccc4c2[C@H](CO4)CO3)c(C)n1. The summed E-state index contributed by atoms with van der Waals surface area (Å²) in [6.45, 7) is 5.12. The second-order valence-electron chi connectivity index (χ2n) is 7.99. The van der Waals surface area contributed by atoms with Gasteiger partial charge in [0.1, 0.15) is 17.9 Å². The summed E-state index contributed by atoms with van der Waals surface area (Å²) in [7, 11) is 0. The van der Waals surface area contributed by atoms with Crippen molar-refractivity contribution in [1.29, 1.82) is 0 Å². The molecule has 0 fully saturated rings. The zero-order chi connectivity index (χ0) is 21.1. The Morgan fingerprint density at radius 3 is 2.74 bits per heavy atom. The summed E-state index contributed by atoms with van der Waals surface area (Å²) in [5.74, 6) is 1.80. The summed E-state index contributed by atoms with van der Waals surface area (Å²) in [5, 5.41) is 11.8. The summed E-state index contributed by atoms with van der Waals surface area (Å²) in [5.41, 5.74) is 5.90. The summed E-state index contributed by atoms with van der Waals surface area (Å²) >= 11 is 0. The van der Waals surface area contributed by atoms with E-state index in [0.717, 1.165) is 33.8 Å². The molecule has 0 saturated heterocycles. The van der Waals surface area contributed by atoms with Crippen LogP contribution in [-0.2, 0) is 6.54 Å². The molecular weight excluding hydrogens is 397 g/mol. The van der Waals surface area contributed by atoms with Crippen molar-refractivity contribution < 1.29 is 13.9 Å². The molecule has 0 saturated carbocycles. The fourth-order valence-corrected chi connectivity index (χ4v) is 4.55. The van der Waals surface area contributed by atoms with Gasteiger partial charge in [0.05, 0.1) is 19.1 Å². The number of fused-ring (bicyclic) bond motifs is 3. The van der Waals surface area contributed by atoms with E-state index in [9.17, 15) is 4.39 Å². The lowest BCUT2D eigenvalue weighted by molar-refractivity contribution is 0.249. The molecule has 2 aliphatic heterocycles. The minimum absolute atomic E-state index is 0.0312. The van der Waals surface area contributed by atoms with Gasteiger partial charge in [-0.25, -0.2) is 4.39 Å². The molecule has 0 radical (unpaired) electrons. The molecular formula is C23H20FN5O2. The number of hydrogen-bond acceptors (Lipinski definition) is 6. The summed E-state index contributed by atoms with van der Waals surface area (Å²) < 4.78 is 28.6. The maximum absolute atomic E-state index is 14.7. The van der Waals surface area contributed by atoms with Crippen molar-refractivity contribution in [2.75, 3.05) is 18.5 Å². The average Bonchev–Trinajstić information content (AvgIpc) is 3.40.